The molecule has 2 atom stereocenters. The molecule has 12 heteroatoms. The van der Waals surface area contributed by atoms with Gasteiger partial charge in [-0.3, -0.25) is 4.68 Å². The zero-order chi connectivity index (χ0) is 27.6. The van der Waals surface area contributed by atoms with Crippen molar-refractivity contribution >= 4 is 17.0 Å². The van der Waals surface area contributed by atoms with Crippen LogP contribution in [0.5, 0.6) is 0 Å². The van der Waals surface area contributed by atoms with E-state index < -0.39 is 11.9 Å². The normalized spacial score (nSPS) is 23.4. The van der Waals surface area contributed by atoms with E-state index in [9.17, 15) is 13.2 Å². The van der Waals surface area contributed by atoms with Gasteiger partial charge >= 0.3 is 6.18 Å². The Hall–Kier alpha value is -3.51. The van der Waals surface area contributed by atoms with E-state index in [0.29, 0.717) is 62.7 Å². The van der Waals surface area contributed by atoms with Gasteiger partial charge in [0.1, 0.15) is 0 Å². The van der Waals surface area contributed by atoms with Crippen LogP contribution in [-0.2, 0) is 16.3 Å². The molecule has 7 rings (SSSR count). The lowest BCUT2D eigenvalue weighted by Crippen LogP contribution is -2.31. The average Bonchev–Trinajstić information content (AvgIpc) is 3.44. The molecule has 3 fully saturated rings. The van der Waals surface area contributed by atoms with Gasteiger partial charge in [-0.1, -0.05) is 12.1 Å². The van der Waals surface area contributed by atoms with E-state index in [1.165, 1.54) is 4.68 Å². The van der Waals surface area contributed by atoms with Gasteiger partial charge in [-0.05, 0) is 69.8 Å². The van der Waals surface area contributed by atoms with Crippen molar-refractivity contribution < 1.29 is 17.9 Å². The van der Waals surface area contributed by atoms with E-state index in [-0.39, 0.29) is 22.7 Å². The largest absolute Gasteiger partial charge is 0.433 e. The van der Waals surface area contributed by atoms with Crippen LogP contribution in [0.3, 0.4) is 0 Å². The zero-order valence-corrected chi connectivity index (χ0v) is 22.4. The molecule has 2 saturated heterocycles. The Balaban J connectivity index is 1.47. The van der Waals surface area contributed by atoms with Crippen LogP contribution in [0.4, 0.5) is 19.1 Å². The standard InChI is InChI=1S/C28H31F3N8O/c1-16-23(24(28(29,30)31)39(37-16)18-7-10-33-11-8-18)20-13-22(27-9-12-40-15-17(27)14-27)36-26(35-20)38-21-6-4-3-5-19(21)34-25(38)32-2/h3-6,13,17-18,33H,7-12,14-15H2,1-2H3,(H,32,34)/t17?,27-/m0/s1. The lowest BCUT2D eigenvalue weighted by atomic mass is 9.92. The third-order valence-corrected chi connectivity index (χ3v) is 8.72. The number of hydrogen-bond acceptors (Lipinski definition) is 7. The van der Waals surface area contributed by atoms with E-state index >= 15 is 0 Å². The van der Waals surface area contributed by atoms with Crippen molar-refractivity contribution in [1.29, 1.82) is 0 Å². The van der Waals surface area contributed by atoms with Crippen LogP contribution in [0.2, 0.25) is 0 Å². The number of hydrogen-bond donors (Lipinski definition) is 2. The van der Waals surface area contributed by atoms with Crippen molar-refractivity contribution in [1.82, 2.24) is 34.6 Å². The van der Waals surface area contributed by atoms with Crippen molar-refractivity contribution in [2.24, 2.45) is 5.92 Å². The first-order chi connectivity index (χ1) is 19.3. The molecule has 2 aliphatic heterocycles. The van der Waals surface area contributed by atoms with E-state index in [0.717, 1.165) is 29.6 Å². The minimum absolute atomic E-state index is 0.0204. The first-order valence-corrected chi connectivity index (χ1v) is 13.8. The summed E-state index contributed by atoms with van der Waals surface area (Å²) in [6.45, 7) is 4.18. The quantitative estimate of drug-likeness (QED) is 0.372. The first-order valence-electron chi connectivity index (χ1n) is 13.8. The number of halogens is 3. The number of nitrogens with zero attached hydrogens (tertiary/aromatic N) is 6. The van der Waals surface area contributed by atoms with Gasteiger partial charge in [0, 0.05) is 19.1 Å². The number of piperidine rings is 1. The first kappa shape index (κ1) is 25.5. The molecule has 3 aliphatic rings. The van der Waals surface area contributed by atoms with Crippen molar-refractivity contribution in [3.05, 3.63) is 47.4 Å². The average molecular weight is 553 g/mol. The summed E-state index contributed by atoms with van der Waals surface area (Å²) in [4.78, 5) is 14.5. The molecule has 1 saturated carbocycles. The van der Waals surface area contributed by atoms with E-state index in [4.69, 9.17) is 14.7 Å². The molecule has 5 heterocycles. The molecule has 0 amide bonds. The van der Waals surface area contributed by atoms with E-state index in [1.54, 1.807) is 24.6 Å². The summed E-state index contributed by atoms with van der Waals surface area (Å²) < 4.78 is 53.2. The lowest BCUT2D eigenvalue weighted by molar-refractivity contribution is -0.144. The summed E-state index contributed by atoms with van der Waals surface area (Å²) in [7, 11) is 1.76. The molecule has 0 radical (unpaired) electrons. The lowest BCUT2D eigenvalue weighted by Gasteiger charge is -2.26. The predicted molar refractivity (Wildman–Crippen MR) is 144 cm³/mol. The fourth-order valence-electron chi connectivity index (χ4n) is 6.58. The molecular formula is C28H31F3N8O. The zero-order valence-electron chi connectivity index (χ0n) is 22.4. The Kier molecular flexibility index (Phi) is 5.90. The van der Waals surface area contributed by atoms with Crippen LogP contribution >= 0.6 is 0 Å². The molecule has 1 aromatic carbocycles. The van der Waals surface area contributed by atoms with Crippen LogP contribution in [-0.4, -0.2) is 62.7 Å². The minimum atomic E-state index is -4.61. The molecule has 0 spiro atoms. The molecule has 210 valence electrons. The Morgan fingerprint density at radius 3 is 2.67 bits per heavy atom. The second kappa shape index (κ2) is 9.27. The third-order valence-electron chi connectivity index (χ3n) is 8.72. The highest BCUT2D eigenvalue weighted by Crippen LogP contribution is 2.58. The highest BCUT2D eigenvalue weighted by Gasteiger charge is 2.58. The number of anilines is 1. The number of aromatic nitrogens is 6. The molecule has 40 heavy (non-hydrogen) atoms. The van der Waals surface area contributed by atoms with Gasteiger partial charge in [-0.2, -0.15) is 18.3 Å². The van der Waals surface area contributed by atoms with Gasteiger partial charge in [0.05, 0.1) is 46.3 Å². The number of benzene rings is 1. The third kappa shape index (κ3) is 3.99. The summed E-state index contributed by atoms with van der Waals surface area (Å²) in [6, 6.07) is 9.02. The maximum atomic E-state index is 14.8. The minimum Gasteiger partial charge on any atom is -0.381 e. The van der Waals surface area contributed by atoms with Crippen LogP contribution in [0.1, 0.15) is 48.8 Å². The fraction of sp³-hybridized carbons (Fsp3) is 0.500. The highest BCUT2D eigenvalue weighted by atomic mass is 19.4. The summed E-state index contributed by atoms with van der Waals surface area (Å²) in [5, 5.41) is 10.8. The Morgan fingerprint density at radius 1 is 1.12 bits per heavy atom. The second-order valence-corrected chi connectivity index (χ2v) is 11.1. The number of ether oxygens (including phenoxy) is 1. The molecule has 1 aliphatic carbocycles. The number of rotatable bonds is 5. The number of para-hydroxylation sites is 2. The smallest absolute Gasteiger partial charge is 0.381 e. The molecule has 4 aromatic rings. The number of nitrogens with one attached hydrogen (secondary N) is 2. The number of fused-ring (bicyclic) bond motifs is 2. The molecule has 3 aromatic heterocycles. The van der Waals surface area contributed by atoms with Gasteiger partial charge in [0.15, 0.2) is 5.69 Å². The summed E-state index contributed by atoms with van der Waals surface area (Å²) in [5.74, 6) is 1.10. The topological polar surface area (TPSA) is 94.7 Å². The van der Waals surface area contributed by atoms with Crippen molar-refractivity contribution in [3.8, 4) is 17.2 Å². The van der Waals surface area contributed by atoms with E-state index in [1.807, 2.05) is 24.3 Å². The Labute approximate surface area is 229 Å². The maximum Gasteiger partial charge on any atom is 0.433 e. The van der Waals surface area contributed by atoms with Crippen molar-refractivity contribution in [3.63, 3.8) is 0 Å². The Bertz CT molecular complexity index is 1590. The van der Waals surface area contributed by atoms with Crippen LogP contribution in [0.25, 0.3) is 28.2 Å². The summed E-state index contributed by atoms with van der Waals surface area (Å²) in [6.07, 6.45) is -1.77. The number of imidazole rings is 1. The second-order valence-electron chi connectivity index (χ2n) is 11.1. The van der Waals surface area contributed by atoms with Gasteiger partial charge in [0.25, 0.3) is 0 Å². The molecule has 1 unspecified atom stereocenters. The van der Waals surface area contributed by atoms with Crippen LogP contribution in [0, 0.1) is 12.8 Å². The molecule has 2 N–H and O–H groups in total. The fourth-order valence-corrected chi connectivity index (χ4v) is 6.58. The summed E-state index contributed by atoms with van der Waals surface area (Å²) >= 11 is 0. The van der Waals surface area contributed by atoms with Crippen LogP contribution < -0.4 is 10.6 Å². The SMILES string of the molecule is CNc1nc2ccccc2n1-c1nc(-c2c(C)nn(C3CCNCC3)c2C(F)(F)F)cc([C@]23CCOCC2C3)n1. The van der Waals surface area contributed by atoms with Gasteiger partial charge in [-0.25, -0.2) is 19.5 Å². The molecule has 0 bridgehead atoms. The van der Waals surface area contributed by atoms with Gasteiger partial charge < -0.3 is 15.4 Å². The maximum absolute atomic E-state index is 14.8. The highest BCUT2D eigenvalue weighted by molar-refractivity contribution is 5.80. The predicted octanol–water partition coefficient (Wildman–Crippen LogP) is 4.65. The summed E-state index contributed by atoms with van der Waals surface area (Å²) in [5.41, 5.74) is 1.85. The Morgan fingerprint density at radius 2 is 1.93 bits per heavy atom. The van der Waals surface area contributed by atoms with Gasteiger partial charge in [0.2, 0.25) is 11.9 Å². The number of alkyl halides is 3. The molecule has 9 nitrogen and oxygen atoms in total. The van der Waals surface area contributed by atoms with Crippen molar-refractivity contribution in [2.45, 2.75) is 50.2 Å². The van der Waals surface area contributed by atoms with Crippen LogP contribution in [0.15, 0.2) is 30.3 Å². The number of aryl methyl sites for hydroxylation is 1. The monoisotopic (exact) mass is 552 g/mol. The van der Waals surface area contributed by atoms with E-state index in [2.05, 4.69) is 20.7 Å². The van der Waals surface area contributed by atoms with Crippen molar-refractivity contribution in [2.75, 3.05) is 38.7 Å². The van der Waals surface area contributed by atoms with Gasteiger partial charge in [-0.15, -0.1) is 0 Å². The molecular weight excluding hydrogens is 521 g/mol.